The molecule has 1 fully saturated rings. The van der Waals surface area contributed by atoms with E-state index in [9.17, 15) is 4.79 Å². The number of ether oxygens (including phenoxy) is 3. The third-order valence-corrected chi connectivity index (χ3v) is 9.45. The van der Waals surface area contributed by atoms with Crippen LogP contribution in [0.2, 0.25) is 18.1 Å². The van der Waals surface area contributed by atoms with Crippen LogP contribution in [-0.4, -0.2) is 45.0 Å². The van der Waals surface area contributed by atoms with Gasteiger partial charge in [-0.05, 0) is 52.2 Å². The van der Waals surface area contributed by atoms with Gasteiger partial charge in [-0.2, -0.15) is 0 Å². The normalized spacial score (nSPS) is 25.3. The largest absolute Gasteiger partial charge is 0.463 e. The fourth-order valence-corrected chi connectivity index (χ4v) is 4.06. The average Bonchev–Trinajstić information content (AvgIpc) is 2.72. The summed E-state index contributed by atoms with van der Waals surface area (Å²) >= 11 is 0. The number of carbonyl (C=O) groups excluding carboxylic acids is 1. The van der Waals surface area contributed by atoms with Gasteiger partial charge in [0.15, 0.2) is 14.1 Å². The van der Waals surface area contributed by atoms with Crippen molar-refractivity contribution in [3.63, 3.8) is 0 Å². The van der Waals surface area contributed by atoms with Crippen molar-refractivity contribution in [1.29, 1.82) is 0 Å². The molecule has 5 nitrogen and oxygen atoms in total. The van der Waals surface area contributed by atoms with Crippen LogP contribution < -0.4 is 0 Å². The molecule has 1 saturated heterocycles. The lowest BCUT2D eigenvalue weighted by molar-refractivity contribution is -0.153. The van der Waals surface area contributed by atoms with Crippen LogP contribution in [0.1, 0.15) is 54.9 Å². The number of esters is 1. The number of hydrogen-bond acceptors (Lipinski definition) is 5. The monoisotopic (exact) mass is 372 g/mol. The molecule has 1 aliphatic heterocycles. The van der Waals surface area contributed by atoms with Crippen molar-refractivity contribution in [1.82, 2.24) is 0 Å². The average molecular weight is 373 g/mol. The molecule has 0 aromatic heterocycles. The first-order valence-corrected chi connectivity index (χ1v) is 12.1. The van der Waals surface area contributed by atoms with Crippen molar-refractivity contribution < 1.29 is 23.4 Å². The topological polar surface area (TPSA) is 54.0 Å². The Hall–Kier alpha value is -0.693. The van der Waals surface area contributed by atoms with Crippen LogP contribution in [0.3, 0.4) is 0 Å². The Morgan fingerprint density at radius 2 is 1.88 bits per heavy atom. The summed E-state index contributed by atoms with van der Waals surface area (Å²) in [5.41, 5.74) is 0. The molecule has 0 aromatic carbocycles. The summed E-state index contributed by atoms with van der Waals surface area (Å²) in [6, 6.07) is 0. The van der Waals surface area contributed by atoms with E-state index in [-0.39, 0.29) is 29.3 Å². The maximum absolute atomic E-state index is 11.5. The van der Waals surface area contributed by atoms with E-state index in [0.717, 1.165) is 0 Å². The second-order valence-electron chi connectivity index (χ2n) is 8.61. The summed E-state index contributed by atoms with van der Waals surface area (Å²) in [7, 11) is -1.90. The van der Waals surface area contributed by atoms with Gasteiger partial charge in [-0.15, -0.1) is 0 Å². The van der Waals surface area contributed by atoms with E-state index in [0.29, 0.717) is 13.0 Å². The van der Waals surface area contributed by atoms with Crippen molar-refractivity contribution in [3.8, 4) is 0 Å². The van der Waals surface area contributed by atoms with Gasteiger partial charge in [0.2, 0.25) is 0 Å². The Labute approximate surface area is 154 Å². The van der Waals surface area contributed by atoms with Crippen molar-refractivity contribution in [2.45, 2.75) is 97.1 Å². The highest BCUT2D eigenvalue weighted by atomic mass is 28.4. The molecule has 146 valence electrons. The number of carbonyl (C=O) groups is 1. The second kappa shape index (κ2) is 8.33. The predicted molar refractivity (Wildman–Crippen MR) is 102 cm³/mol. The van der Waals surface area contributed by atoms with Crippen LogP contribution in [0.5, 0.6) is 0 Å². The zero-order chi connectivity index (χ0) is 19.5. The first-order chi connectivity index (χ1) is 11.3. The summed E-state index contributed by atoms with van der Waals surface area (Å²) in [5.74, 6) is -0.985. The van der Waals surface area contributed by atoms with Gasteiger partial charge in [-0.3, -0.25) is 0 Å². The first-order valence-electron chi connectivity index (χ1n) is 9.16. The molecule has 0 saturated carbocycles. The highest BCUT2D eigenvalue weighted by Crippen LogP contribution is 2.40. The lowest BCUT2D eigenvalue weighted by atomic mass is 10.1. The number of rotatable bonds is 7. The van der Waals surface area contributed by atoms with Gasteiger partial charge in [-0.1, -0.05) is 26.8 Å². The molecule has 0 aliphatic carbocycles. The van der Waals surface area contributed by atoms with E-state index in [1.807, 2.05) is 13.8 Å². The minimum absolute atomic E-state index is 0.0799. The van der Waals surface area contributed by atoms with E-state index in [1.165, 1.54) is 6.08 Å². The molecule has 0 aromatic rings. The number of hydrogen-bond donors (Lipinski definition) is 0. The molecule has 1 aliphatic rings. The molecule has 25 heavy (non-hydrogen) atoms. The smallest absolute Gasteiger partial charge is 0.330 e. The summed E-state index contributed by atoms with van der Waals surface area (Å²) in [5, 5.41) is 0.134. The van der Waals surface area contributed by atoms with Gasteiger partial charge in [0.25, 0.3) is 0 Å². The van der Waals surface area contributed by atoms with Crippen molar-refractivity contribution in [2.24, 2.45) is 0 Å². The molecule has 0 N–H and O–H groups in total. The Balaban J connectivity index is 2.78. The van der Waals surface area contributed by atoms with Crippen LogP contribution in [0.15, 0.2) is 12.2 Å². The molecule has 1 heterocycles. The van der Waals surface area contributed by atoms with E-state index in [4.69, 9.17) is 18.6 Å². The minimum Gasteiger partial charge on any atom is -0.463 e. The maximum atomic E-state index is 11.5. The maximum Gasteiger partial charge on any atom is 0.330 e. The summed E-state index contributed by atoms with van der Waals surface area (Å²) in [6.07, 6.45) is 3.42. The Bertz CT molecular complexity index is 479. The molecular formula is C19H36O5Si. The van der Waals surface area contributed by atoms with Gasteiger partial charge in [-0.25, -0.2) is 4.79 Å². The highest BCUT2D eigenvalue weighted by molar-refractivity contribution is 6.74. The van der Waals surface area contributed by atoms with E-state index < -0.39 is 14.1 Å². The molecular weight excluding hydrogens is 336 g/mol. The second-order valence-corrected chi connectivity index (χ2v) is 13.4. The lowest BCUT2D eigenvalue weighted by Gasteiger charge is -2.40. The zero-order valence-electron chi connectivity index (χ0n) is 17.3. The van der Waals surface area contributed by atoms with Crippen molar-refractivity contribution in [2.75, 3.05) is 6.61 Å². The van der Waals surface area contributed by atoms with Gasteiger partial charge >= 0.3 is 5.97 Å². The van der Waals surface area contributed by atoms with Crippen LogP contribution in [-0.2, 0) is 23.4 Å². The van der Waals surface area contributed by atoms with E-state index in [2.05, 4.69) is 40.8 Å². The molecule has 0 spiro atoms. The molecule has 0 unspecified atom stereocenters. The van der Waals surface area contributed by atoms with Crippen LogP contribution >= 0.6 is 0 Å². The zero-order valence-corrected chi connectivity index (χ0v) is 18.3. The van der Waals surface area contributed by atoms with Crippen LogP contribution in [0.4, 0.5) is 0 Å². The fraction of sp³-hybridized carbons (Fsp3) is 0.842. The third kappa shape index (κ3) is 6.51. The first kappa shape index (κ1) is 22.3. The van der Waals surface area contributed by atoms with E-state index in [1.54, 1.807) is 13.0 Å². The highest BCUT2D eigenvalue weighted by Gasteiger charge is 2.47. The molecule has 3 atom stereocenters. The van der Waals surface area contributed by atoms with Gasteiger partial charge in [0.05, 0.1) is 18.8 Å². The fourth-order valence-electron chi connectivity index (χ4n) is 2.64. The predicted octanol–water partition coefficient (Wildman–Crippen LogP) is 4.43. The Kier molecular flexibility index (Phi) is 7.45. The van der Waals surface area contributed by atoms with E-state index >= 15 is 0 Å². The van der Waals surface area contributed by atoms with Crippen LogP contribution in [0, 0.1) is 0 Å². The van der Waals surface area contributed by atoms with Crippen LogP contribution in [0.25, 0.3) is 0 Å². The molecule has 0 radical (unpaired) electrons. The quantitative estimate of drug-likeness (QED) is 0.376. The molecule has 0 amide bonds. The molecule has 6 heteroatoms. The summed E-state index contributed by atoms with van der Waals surface area (Å²) in [6.45, 7) is 19.2. The third-order valence-electron chi connectivity index (χ3n) is 4.88. The standard InChI is InChI=1S/C19H36O5Si/c1-10-21-16(20)13-11-12-15-17(23-19(6,7)22-15)14(2)24-25(8,9)18(3,4)5/h11,13-15,17H,10,12H2,1-9H3/b13-11+/t14-,15-,17-/m1/s1. The summed E-state index contributed by atoms with van der Waals surface area (Å²) < 4.78 is 23.5. The van der Waals surface area contributed by atoms with Crippen molar-refractivity contribution in [3.05, 3.63) is 12.2 Å². The van der Waals surface area contributed by atoms with Gasteiger partial charge in [0.1, 0.15) is 6.10 Å². The molecule has 0 bridgehead atoms. The molecule has 1 rings (SSSR count). The van der Waals surface area contributed by atoms with Gasteiger partial charge in [0, 0.05) is 6.08 Å². The Morgan fingerprint density at radius 1 is 1.28 bits per heavy atom. The SMILES string of the molecule is CCOC(=O)/C=C/C[C@H]1OC(C)(C)O[C@@H]1[C@@H](C)O[Si](C)(C)C(C)(C)C. The minimum atomic E-state index is -1.90. The summed E-state index contributed by atoms with van der Waals surface area (Å²) in [4.78, 5) is 11.5. The van der Waals surface area contributed by atoms with Crippen molar-refractivity contribution >= 4 is 14.3 Å². The Morgan fingerprint density at radius 3 is 2.40 bits per heavy atom. The van der Waals surface area contributed by atoms with Gasteiger partial charge < -0.3 is 18.6 Å². The lowest BCUT2D eigenvalue weighted by Crippen LogP contribution is -2.48.